The third-order valence-corrected chi connectivity index (χ3v) is 6.70. The second-order valence-corrected chi connectivity index (χ2v) is 10.4. The average Bonchev–Trinajstić information content (AvgIpc) is 2.59. The summed E-state index contributed by atoms with van der Waals surface area (Å²) in [6, 6.07) is 10.8. The van der Waals surface area contributed by atoms with Crippen LogP contribution in [0.1, 0.15) is 25.0 Å². The molecule has 8 nitrogen and oxygen atoms in total. The van der Waals surface area contributed by atoms with Crippen LogP contribution in [0.4, 0.5) is 0 Å². The molecule has 1 unspecified atom stereocenters. The van der Waals surface area contributed by atoms with Crippen LogP contribution in [0.2, 0.25) is 0 Å². The zero-order valence-corrected chi connectivity index (χ0v) is 17.9. The minimum absolute atomic E-state index is 0.0391. The van der Waals surface area contributed by atoms with Crippen molar-refractivity contribution in [1.29, 1.82) is 5.26 Å². The van der Waals surface area contributed by atoms with E-state index in [9.17, 15) is 26.7 Å². The molecule has 2 atom stereocenters. The van der Waals surface area contributed by atoms with Gasteiger partial charge in [-0.1, -0.05) is 0 Å². The number of aryl methyl sites for hydroxylation is 1. The van der Waals surface area contributed by atoms with Crippen LogP contribution < -0.4 is 9.47 Å². The van der Waals surface area contributed by atoms with Gasteiger partial charge >= 0.3 is 0 Å². The highest BCUT2D eigenvalue weighted by Gasteiger charge is 2.27. The van der Waals surface area contributed by atoms with E-state index in [0.29, 0.717) is 11.3 Å². The third-order valence-electron chi connectivity index (χ3n) is 4.25. The maximum absolute atomic E-state index is 11.6. The summed E-state index contributed by atoms with van der Waals surface area (Å²) in [5.41, 5.74) is 0.727. The Morgan fingerprint density at radius 2 is 1.59 bits per heavy atom. The first kappa shape index (κ1) is 22.7. The molecular weight excluding hydrogens is 418 g/mol. The second-order valence-electron chi connectivity index (χ2n) is 6.64. The first-order chi connectivity index (χ1) is 13.3. The summed E-state index contributed by atoms with van der Waals surface area (Å²) in [5, 5.41) is 8.37. The molecule has 0 aliphatic carbocycles. The van der Waals surface area contributed by atoms with E-state index in [1.165, 1.54) is 38.1 Å². The summed E-state index contributed by atoms with van der Waals surface area (Å²) in [6.07, 6.45) is 0.163. The van der Waals surface area contributed by atoms with Crippen molar-refractivity contribution >= 4 is 20.0 Å². The number of hydrogen-bond acceptors (Lipinski definition) is 7. The first-order valence-electron chi connectivity index (χ1n) is 8.48. The summed E-state index contributed by atoms with van der Waals surface area (Å²) in [6.45, 7) is 4.50. The lowest BCUT2D eigenvalue weighted by Crippen LogP contribution is -2.33. The molecule has 10 heteroatoms. The van der Waals surface area contributed by atoms with Gasteiger partial charge < -0.3 is 9.47 Å². The highest BCUT2D eigenvalue weighted by atomic mass is 32.2. The molecular formula is C19H21NO7S2. The molecule has 0 spiro atoms. The van der Waals surface area contributed by atoms with E-state index in [-0.39, 0.29) is 22.0 Å². The lowest BCUT2D eigenvalue weighted by atomic mass is 10.1. The number of rotatable bonds is 7. The smallest absolute Gasteiger partial charge is 0.271 e. The van der Waals surface area contributed by atoms with Gasteiger partial charge in [-0.25, -0.2) is 8.42 Å². The van der Waals surface area contributed by atoms with Crippen LogP contribution in [0.3, 0.4) is 0 Å². The van der Waals surface area contributed by atoms with Gasteiger partial charge in [-0.3, -0.25) is 4.55 Å². The number of sulfone groups is 1. The van der Waals surface area contributed by atoms with E-state index >= 15 is 0 Å². The van der Waals surface area contributed by atoms with Gasteiger partial charge in [0.25, 0.3) is 10.1 Å². The van der Waals surface area contributed by atoms with E-state index in [4.69, 9.17) is 9.47 Å². The van der Waals surface area contributed by atoms with E-state index in [1.54, 1.807) is 19.1 Å². The van der Waals surface area contributed by atoms with E-state index in [0.717, 1.165) is 6.26 Å². The molecule has 1 N–H and O–H groups in total. The standard InChI is InChI=1S/C19H21NO7S2/c1-12-9-18(26-13(2)14(3)29(23,24)25)17(11-20)19(10-12)27-15-5-7-16(8-6-15)28(4,21)22/h5-10,13-14H,1-4H3,(H,23,24,25)/t13?,14-/m0/s1. The van der Waals surface area contributed by atoms with E-state index in [1.807, 2.05) is 6.07 Å². The van der Waals surface area contributed by atoms with Crippen molar-refractivity contribution in [2.45, 2.75) is 37.0 Å². The minimum atomic E-state index is -4.31. The van der Waals surface area contributed by atoms with Crippen LogP contribution in [-0.4, -0.2) is 39.0 Å². The van der Waals surface area contributed by atoms with Crippen LogP contribution in [-0.2, 0) is 20.0 Å². The molecule has 0 radical (unpaired) electrons. The molecule has 0 aromatic heterocycles. The Morgan fingerprint density at radius 3 is 2.07 bits per heavy atom. The summed E-state index contributed by atoms with van der Waals surface area (Å²) < 4.78 is 66.4. The van der Waals surface area contributed by atoms with Crippen LogP contribution in [0.25, 0.3) is 0 Å². The van der Waals surface area contributed by atoms with Crippen LogP contribution >= 0.6 is 0 Å². The van der Waals surface area contributed by atoms with Crippen LogP contribution in [0, 0.1) is 18.3 Å². The molecule has 2 rings (SSSR count). The van der Waals surface area contributed by atoms with E-state index < -0.39 is 31.3 Å². The quantitative estimate of drug-likeness (QED) is 0.651. The normalized spacial score (nSPS) is 13.9. The molecule has 0 amide bonds. The minimum Gasteiger partial charge on any atom is -0.488 e. The lowest BCUT2D eigenvalue weighted by molar-refractivity contribution is 0.213. The molecule has 0 saturated heterocycles. The van der Waals surface area contributed by atoms with Crippen molar-refractivity contribution in [1.82, 2.24) is 0 Å². The number of nitrogens with zero attached hydrogens (tertiary/aromatic N) is 1. The number of ether oxygens (including phenoxy) is 2. The average molecular weight is 440 g/mol. The summed E-state index contributed by atoms with van der Waals surface area (Å²) in [4.78, 5) is 0.131. The molecule has 0 fully saturated rings. The predicted octanol–water partition coefficient (Wildman–Crippen LogP) is 3.11. The summed E-state index contributed by atoms with van der Waals surface area (Å²) >= 11 is 0. The Bertz CT molecular complexity index is 1150. The number of hydrogen-bond donors (Lipinski definition) is 1. The highest BCUT2D eigenvalue weighted by molar-refractivity contribution is 7.90. The number of benzene rings is 2. The molecule has 0 saturated carbocycles. The Balaban J connectivity index is 2.38. The lowest BCUT2D eigenvalue weighted by Gasteiger charge is -2.21. The summed E-state index contributed by atoms with van der Waals surface area (Å²) in [7, 11) is -7.66. The van der Waals surface area contributed by atoms with Gasteiger partial charge in [0.05, 0.1) is 4.90 Å². The fourth-order valence-corrected chi connectivity index (χ4v) is 3.60. The van der Waals surface area contributed by atoms with Gasteiger partial charge in [0.15, 0.2) is 9.84 Å². The number of nitriles is 1. The highest BCUT2D eigenvalue weighted by Crippen LogP contribution is 2.34. The molecule has 0 heterocycles. The van der Waals surface area contributed by atoms with Crippen molar-refractivity contribution in [3.63, 3.8) is 0 Å². The SMILES string of the molecule is Cc1cc(Oc2ccc(S(C)(=O)=O)cc2)c(C#N)c(OC(C)[C@H](C)S(=O)(=O)O)c1. The zero-order chi connectivity index (χ0) is 22.0. The topological polar surface area (TPSA) is 131 Å². The fourth-order valence-electron chi connectivity index (χ4n) is 2.42. The maximum atomic E-state index is 11.6. The van der Waals surface area contributed by atoms with Gasteiger partial charge in [-0.05, 0) is 62.7 Å². The summed E-state index contributed by atoms with van der Waals surface area (Å²) in [5.74, 6) is 0.587. The largest absolute Gasteiger partial charge is 0.488 e. The van der Waals surface area contributed by atoms with Gasteiger partial charge in [0.1, 0.15) is 40.2 Å². The molecule has 2 aromatic rings. The van der Waals surface area contributed by atoms with Crippen molar-refractivity contribution in [3.05, 3.63) is 47.5 Å². The molecule has 156 valence electrons. The Kier molecular flexibility index (Phi) is 6.57. The molecule has 29 heavy (non-hydrogen) atoms. The third kappa shape index (κ3) is 5.69. The van der Waals surface area contributed by atoms with E-state index in [2.05, 4.69) is 0 Å². The Morgan fingerprint density at radius 1 is 1.03 bits per heavy atom. The molecule has 2 aromatic carbocycles. The maximum Gasteiger partial charge on any atom is 0.271 e. The monoisotopic (exact) mass is 439 g/mol. The van der Waals surface area contributed by atoms with Crippen LogP contribution in [0.15, 0.2) is 41.3 Å². The fraction of sp³-hybridized carbons (Fsp3) is 0.316. The van der Waals surface area contributed by atoms with Crippen molar-refractivity contribution in [2.24, 2.45) is 0 Å². The van der Waals surface area contributed by atoms with Crippen molar-refractivity contribution < 1.29 is 30.9 Å². The zero-order valence-electron chi connectivity index (χ0n) is 16.3. The Labute approximate surface area is 170 Å². The molecule has 0 bridgehead atoms. The predicted molar refractivity (Wildman–Crippen MR) is 107 cm³/mol. The van der Waals surface area contributed by atoms with Gasteiger partial charge in [-0.2, -0.15) is 13.7 Å². The first-order valence-corrected chi connectivity index (χ1v) is 11.9. The van der Waals surface area contributed by atoms with Crippen molar-refractivity contribution in [2.75, 3.05) is 6.26 Å². The van der Waals surface area contributed by atoms with Gasteiger partial charge in [0, 0.05) is 6.26 Å². The molecule has 0 aliphatic rings. The van der Waals surface area contributed by atoms with Gasteiger partial charge in [0.2, 0.25) is 0 Å². The van der Waals surface area contributed by atoms with Crippen molar-refractivity contribution in [3.8, 4) is 23.3 Å². The van der Waals surface area contributed by atoms with Gasteiger partial charge in [-0.15, -0.1) is 0 Å². The Hall–Kier alpha value is -2.61. The van der Waals surface area contributed by atoms with Crippen LogP contribution in [0.5, 0.6) is 17.2 Å². The second kappa shape index (κ2) is 8.41. The molecule has 0 aliphatic heterocycles.